The average Bonchev–Trinajstić information content (AvgIpc) is 2.59. The molecule has 0 amide bonds. The molecule has 3 aromatic rings. The van der Waals surface area contributed by atoms with E-state index in [9.17, 15) is 14.3 Å². The SMILES string of the molecule is Cc1ccc(Oc2cc(-c3ccc(C)c(F)c3)ncc2C(=O)O)c(Cl)c1. The Labute approximate surface area is 154 Å². The summed E-state index contributed by atoms with van der Waals surface area (Å²) in [5.41, 5.74) is 2.26. The van der Waals surface area contributed by atoms with Crippen molar-refractivity contribution >= 4 is 17.6 Å². The molecule has 0 fully saturated rings. The highest BCUT2D eigenvalue weighted by Gasteiger charge is 2.16. The van der Waals surface area contributed by atoms with Gasteiger partial charge in [-0.3, -0.25) is 4.98 Å². The first-order valence-electron chi connectivity index (χ1n) is 7.79. The third-order valence-corrected chi connectivity index (χ3v) is 4.17. The first kappa shape index (κ1) is 17.9. The Bertz CT molecular complexity index is 1000. The molecule has 0 unspecified atom stereocenters. The number of aromatic carboxylic acids is 1. The summed E-state index contributed by atoms with van der Waals surface area (Å²) in [6, 6.07) is 11.3. The number of carboxylic acid groups (broad SMARTS) is 1. The van der Waals surface area contributed by atoms with Crippen molar-refractivity contribution in [2.24, 2.45) is 0 Å². The molecule has 0 bridgehead atoms. The summed E-state index contributed by atoms with van der Waals surface area (Å²) in [7, 11) is 0. The van der Waals surface area contributed by atoms with E-state index in [0.717, 1.165) is 5.56 Å². The molecule has 0 spiro atoms. The molecule has 1 aromatic heterocycles. The molecule has 26 heavy (non-hydrogen) atoms. The van der Waals surface area contributed by atoms with Crippen molar-refractivity contribution < 1.29 is 19.0 Å². The average molecular weight is 372 g/mol. The summed E-state index contributed by atoms with van der Waals surface area (Å²) in [5, 5.41) is 9.75. The normalized spacial score (nSPS) is 10.6. The molecule has 2 aromatic carbocycles. The van der Waals surface area contributed by atoms with Crippen molar-refractivity contribution in [3.8, 4) is 22.8 Å². The molecule has 0 saturated carbocycles. The number of halogens is 2. The van der Waals surface area contributed by atoms with Gasteiger partial charge in [0, 0.05) is 17.8 Å². The van der Waals surface area contributed by atoms with Crippen LogP contribution < -0.4 is 4.74 Å². The first-order valence-corrected chi connectivity index (χ1v) is 8.17. The molecule has 0 aliphatic rings. The van der Waals surface area contributed by atoms with Crippen molar-refractivity contribution in [2.75, 3.05) is 0 Å². The van der Waals surface area contributed by atoms with Gasteiger partial charge in [-0.1, -0.05) is 29.8 Å². The summed E-state index contributed by atoms with van der Waals surface area (Å²) < 4.78 is 19.6. The van der Waals surface area contributed by atoms with Gasteiger partial charge in [-0.2, -0.15) is 0 Å². The minimum atomic E-state index is -1.18. The van der Waals surface area contributed by atoms with Crippen LogP contribution in [0.2, 0.25) is 5.02 Å². The smallest absolute Gasteiger partial charge is 0.341 e. The molecule has 0 saturated heterocycles. The fourth-order valence-electron chi connectivity index (χ4n) is 2.40. The molecule has 0 radical (unpaired) electrons. The zero-order valence-electron chi connectivity index (χ0n) is 14.1. The maximum Gasteiger partial charge on any atom is 0.341 e. The van der Waals surface area contributed by atoms with Crippen LogP contribution in [0.4, 0.5) is 4.39 Å². The van der Waals surface area contributed by atoms with Crippen molar-refractivity contribution in [3.63, 3.8) is 0 Å². The summed E-state index contributed by atoms with van der Waals surface area (Å²) in [6.07, 6.45) is 1.19. The number of benzene rings is 2. The van der Waals surface area contributed by atoms with Crippen LogP contribution >= 0.6 is 11.6 Å². The number of hydrogen-bond donors (Lipinski definition) is 1. The number of aromatic nitrogens is 1. The monoisotopic (exact) mass is 371 g/mol. The summed E-state index contributed by atoms with van der Waals surface area (Å²) in [4.78, 5) is 15.6. The van der Waals surface area contributed by atoms with Gasteiger partial charge in [0.1, 0.15) is 22.9 Å². The van der Waals surface area contributed by atoms with Crippen LogP contribution in [0.3, 0.4) is 0 Å². The van der Waals surface area contributed by atoms with E-state index in [2.05, 4.69) is 4.98 Å². The zero-order valence-corrected chi connectivity index (χ0v) is 14.8. The van der Waals surface area contributed by atoms with Gasteiger partial charge in [0.15, 0.2) is 0 Å². The highest BCUT2D eigenvalue weighted by Crippen LogP contribution is 2.34. The minimum absolute atomic E-state index is 0.0780. The molecule has 3 rings (SSSR count). The Morgan fingerprint density at radius 2 is 1.88 bits per heavy atom. The number of carbonyl (C=O) groups is 1. The lowest BCUT2D eigenvalue weighted by Crippen LogP contribution is -2.02. The van der Waals surface area contributed by atoms with Crippen LogP contribution in [0, 0.1) is 19.7 Å². The quantitative estimate of drug-likeness (QED) is 0.644. The van der Waals surface area contributed by atoms with Gasteiger partial charge >= 0.3 is 5.97 Å². The lowest BCUT2D eigenvalue weighted by atomic mass is 10.1. The molecule has 0 aliphatic heterocycles. The fraction of sp³-hybridized carbons (Fsp3) is 0.100. The van der Waals surface area contributed by atoms with Crippen LogP contribution in [0.15, 0.2) is 48.7 Å². The third kappa shape index (κ3) is 3.68. The van der Waals surface area contributed by atoms with E-state index in [4.69, 9.17) is 16.3 Å². The number of ether oxygens (including phenoxy) is 1. The van der Waals surface area contributed by atoms with E-state index in [-0.39, 0.29) is 17.1 Å². The molecule has 4 nitrogen and oxygen atoms in total. The van der Waals surface area contributed by atoms with E-state index in [1.165, 1.54) is 18.3 Å². The van der Waals surface area contributed by atoms with Gasteiger partial charge in [-0.15, -0.1) is 0 Å². The second-order valence-electron chi connectivity index (χ2n) is 5.87. The van der Waals surface area contributed by atoms with Crippen molar-refractivity contribution in [1.82, 2.24) is 4.98 Å². The molecule has 0 atom stereocenters. The number of rotatable bonds is 4. The Morgan fingerprint density at radius 3 is 2.54 bits per heavy atom. The Kier molecular flexibility index (Phi) is 4.91. The second-order valence-corrected chi connectivity index (χ2v) is 6.28. The molecule has 132 valence electrons. The van der Waals surface area contributed by atoms with Gasteiger partial charge in [0.2, 0.25) is 0 Å². The molecule has 1 N–H and O–H groups in total. The van der Waals surface area contributed by atoms with E-state index in [1.807, 2.05) is 6.92 Å². The van der Waals surface area contributed by atoms with E-state index in [1.54, 1.807) is 37.3 Å². The lowest BCUT2D eigenvalue weighted by Gasteiger charge is -2.12. The molecule has 6 heteroatoms. The number of pyridine rings is 1. The van der Waals surface area contributed by atoms with E-state index in [0.29, 0.717) is 27.6 Å². The third-order valence-electron chi connectivity index (χ3n) is 3.87. The molecule has 1 heterocycles. The number of carboxylic acids is 1. The maximum atomic E-state index is 13.8. The van der Waals surface area contributed by atoms with Crippen molar-refractivity contribution in [1.29, 1.82) is 0 Å². The topological polar surface area (TPSA) is 59.4 Å². The van der Waals surface area contributed by atoms with Gasteiger partial charge in [-0.25, -0.2) is 9.18 Å². The fourth-order valence-corrected chi connectivity index (χ4v) is 2.67. The maximum absolute atomic E-state index is 13.8. The Balaban J connectivity index is 2.06. The molecular formula is C20H15ClFNO3. The van der Waals surface area contributed by atoms with Crippen molar-refractivity contribution in [3.05, 3.63) is 76.2 Å². The summed E-state index contributed by atoms with van der Waals surface area (Å²) in [6.45, 7) is 3.54. The highest BCUT2D eigenvalue weighted by molar-refractivity contribution is 6.32. The molecule has 0 aliphatic carbocycles. The lowest BCUT2D eigenvalue weighted by molar-refractivity contribution is 0.0693. The van der Waals surface area contributed by atoms with Crippen LogP contribution in [0.1, 0.15) is 21.5 Å². The van der Waals surface area contributed by atoms with Gasteiger partial charge in [0.05, 0.1) is 10.7 Å². The first-order chi connectivity index (χ1) is 12.3. The highest BCUT2D eigenvalue weighted by atomic mass is 35.5. The number of aryl methyl sites for hydroxylation is 2. The predicted molar refractivity (Wildman–Crippen MR) is 97.6 cm³/mol. The van der Waals surface area contributed by atoms with E-state index >= 15 is 0 Å². The minimum Gasteiger partial charge on any atom is -0.477 e. The Morgan fingerprint density at radius 1 is 1.12 bits per heavy atom. The largest absolute Gasteiger partial charge is 0.477 e. The van der Waals surface area contributed by atoms with Crippen LogP contribution in [0.25, 0.3) is 11.3 Å². The zero-order chi connectivity index (χ0) is 18.8. The second kappa shape index (κ2) is 7.14. The standard InChI is InChI=1S/C20H15ClFNO3/c1-11-3-6-18(15(21)7-11)26-19-9-17(23-10-14(19)20(24)25)13-5-4-12(2)16(22)8-13/h3-10H,1-2H3,(H,24,25). The van der Waals surface area contributed by atoms with Gasteiger partial charge in [-0.05, 0) is 43.2 Å². The van der Waals surface area contributed by atoms with Gasteiger partial charge < -0.3 is 9.84 Å². The molecular weight excluding hydrogens is 357 g/mol. The summed E-state index contributed by atoms with van der Waals surface area (Å²) >= 11 is 6.17. The van der Waals surface area contributed by atoms with Crippen LogP contribution in [-0.2, 0) is 0 Å². The van der Waals surface area contributed by atoms with Crippen molar-refractivity contribution in [2.45, 2.75) is 13.8 Å². The Hall–Kier alpha value is -2.92. The number of nitrogens with zero attached hydrogens (tertiary/aromatic N) is 1. The van der Waals surface area contributed by atoms with E-state index < -0.39 is 5.97 Å². The number of hydrogen-bond acceptors (Lipinski definition) is 3. The van der Waals surface area contributed by atoms with Gasteiger partial charge in [0.25, 0.3) is 0 Å². The van der Waals surface area contributed by atoms with Crippen LogP contribution in [-0.4, -0.2) is 16.1 Å². The van der Waals surface area contributed by atoms with Crippen LogP contribution in [0.5, 0.6) is 11.5 Å². The summed E-state index contributed by atoms with van der Waals surface area (Å²) in [5.74, 6) is -1.14. The predicted octanol–water partition coefficient (Wildman–Crippen LogP) is 5.65.